The molecule has 4 aromatic rings. The number of halogens is 5. The molecule has 0 bridgehead atoms. The summed E-state index contributed by atoms with van der Waals surface area (Å²) in [5, 5.41) is 11.0. The van der Waals surface area contributed by atoms with Gasteiger partial charge in [-0.3, -0.25) is 19.7 Å². The molecule has 9 nitrogen and oxygen atoms in total. The molecular formula is C30H16Cl2F3N3O6. The van der Waals surface area contributed by atoms with Crippen LogP contribution in [0.5, 0.6) is 11.5 Å². The first-order chi connectivity index (χ1) is 20.9. The van der Waals surface area contributed by atoms with Crippen molar-refractivity contribution in [2.75, 3.05) is 9.80 Å². The van der Waals surface area contributed by atoms with Gasteiger partial charge in [-0.2, -0.15) is 13.2 Å². The molecule has 4 aromatic carbocycles. The Hall–Kier alpha value is -5.20. The van der Waals surface area contributed by atoms with E-state index in [1.807, 2.05) is 0 Å². The average Bonchev–Trinajstić information content (AvgIpc) is 2.98. The van der Waals surface area contributed by atoms with Crippen molar-refractivity contribution in [3.8, 4) is 11.5 Å². The fourth-order valence-corrected chi connectivity index (χ4v) is 4.88. The fourth-order valence-electron chi connectivity index (χ4n) is 4.30. The summed E-state index contributed by atoms with van der Waals surface area (Å²) in [6, 6.07) is 19.1. The van der Waals surface area contributed by atoms with Crippen molar-refractivity contribution in [3.63, 3.8) is 0 Å². The molecule has 0 atom stereocenters. The predicted molar refractivity (Wildman–Crippen MR) is 156 cm³/mol. The molecule has 14 heteroatoms. The molecule has 44 heavy (non-hydrogen) atoms. The number of hydrogen-bond donors (Lipinski definition) is 0. The van der Waals surface area contributed by atoms with Gasteiger partial charge >= 0.3 is 17.9 Å². The largest absolute Gasteiger partial charge is 0.447 e. The van der Waals surface area contributed by atoms with Crippen molar-refractivity contribution in [2.45, 2.75) is 6.18 Å². The SMILES string of the molecule is O=C1C(=Cc2cc(Cl)c(Oc3ccc(C(F)(F)F)cc3[N+](=O)[O-])c(Cl)c2)C(=O)N(c2ccccc2)C(=O)N1c1ccccc1. The van der Waals surface area contributed by atoms with Crippen LogP contribution >= 0.6 is 23.2 Å². The maximum atomic E-state index is 13.6. The van der Waals surface area contributed by atoms with Gasteiger partial charge in [-0.1, -0.05) is 59.6 Å². The average molecular weight is 642 g/mol. The van der Waals surface area contributed by atoms with Gasteiger partial charge in [-0.15, -0.1) is 0 Å². The molecule has 5 rings (SSSR count). The molecule has 1 aliphatic rings. The third-order valence-electron chi connectivity index (χ3n) is 6.30. The number of ether oxygens (including phenoxy) is 1. The van der Waals surface area contributed by atoms with Crippen molar-refractivity contribution in [2.24, 2.45) is 0 Å². The molecule has 0 saturated carbocycles. The molecule has 1 fully saturated rings. The molecule has 222 valence electrons. The standard InChI is InChI=1S/C30H16Cl2F3N3O6/c31-22-14-17(15-23(32)26(22)44-25-12-11-18(30(33,34)35)16-24(25)38(42)43)13-21-27(39)36(19-7-3-1-4-8-19)29(41)37(28(21)40)20-9-5-2-6-10-20/h1-16H. The Morgan fingerprint density at radius 2 is 1.27 bits per heavy atom. The molecule has 4 amide bonds. The molecule has 1 saturated heterocycles. The Morgan fingerprint density at radius 3 is 1.73 bits per heavy atom. The second-order valence-electron chi connectivity index (χ2n) is 9.15. The second-order valence-corrected chi connectivity index (χ2v) is 9.96. The highest BCUT2D eigenvalue weighted by atomic mass is 35.5. The topological polar surface area (TPSA) is 110 Å². The number of anilines is 2. The van der Waals surface area contributed by atoms with Crippen molar-refractivity contribution >= 4 is 64.2 Å². The first-order valence-electron chi connectivity index (χ1n) is 12.4. The highest BCUT2D eigenvalue weighted by Gasteiger charge is 2.43. The van der Waals surface area contributed by atoms with Gasteiger partial charge in [0.2, 0.25) is 5.75 Å². The number of para-hydroxylation sites is 2. The third-order valence-corrected chi connectivity index (χ3v) is 6.87. The quantitative estimate of drug-likeness (QED) is 0.0906. The van der Waals surface area contributed by atoms with E-state index in [-0.39, 0.29) is 32.7 Å². The van der Waals surface area contributed by atoms with Crippen molar-refractivity contribution in [1.82, 2.24) is 0 Å². The molecule has 0 radical (unpaired) electrons. The number of barbiturate groups is 1. The van der Waals surface area contributed by atoms with E-state index in [1.54, 1.807) is 36.4 Å². The lowest BCUT2D eigenvalue weighted by Crippen LogP contribution is -2.57. The Labute approximate surface area is 256 Å². The fraction of sp³-hybridized carbons (Fsp3) is 0.0333. The van der Waals surface area contributed by atoms with Crippen molar-refractivity contribution in [3.05, 3.63) is 128 Å². The van der Waals surface area contributed by atoms with Crippen LogP contribution in [-0.2, 0) is 15.8 Å². The van der Waals surface area contributed by atoms with E-state index in [0.29, 0.717) is 12.1 Å². The second kappa shape index (κ2) is 11.8. The number of carbonyl (C=O) groups is 3. The van der Waals surface area contributed by atoms with Crippen LogP contribution in [0.4, 0.5) is 35.0 Å². The van der Waals surface area contributed by atoms with Crippen LogP contribution in [0.15, 0.2) is 96.6 Å². The van der Waals surface area contributed by atoms with Gasteiger partial charge in [-0.05, 0) is 60.2 Å². The van der Waals surface area contributed by atoms with Crippen LogP contribution in [-0.4, -0.2) is 22.8 Å². The summed E-state index contributed by atoms with van der Waals surface area (Å²) >= 11 is 12.7. The number of carbonyl (C=O) groups excluding carboxylic acids is 3. The van der Waals surface area contributed by atoms with Crippen LogP contribution in [0.3, 0.4) is 0 Å². The maximum Gasteiger partial charge on any atom is 0.416 e. The predicted octanol–water partition coefficient (Wildman–Crippen LogP) is 8.30. The van der Waals surface area contributed by atoms with Gasteiger partial charge < -0.3 is 4.74 Å². The summed E-state index contributed by atoms with van der Waals surface area (Å²) in [6.45, 7) is 0. The van der Waals surface area contributed by atoms with Gasteiger partial charge in [0.1, 0.15) is 5.57 Å². The number of nitro groups is 1. The van der Waals surface area contributed by atoms with E-state index in [9.17, 15) is 37.7 Å². The number of alkyl halides is 3. The van der Waals surface area contributed by atoms with E-state index in [0.717, 1.165) is 21.9 Å². The van der Waals surface area contributed by atoms with Crippen molar-refractivity contribution < 1.29 is 37.2 Å². The minimum Gasteiger partial charge on any atom is -0.447 e. The number of urea groups is 1. The van der Waals surface area contributed by atoms with E-state index >= 15 is 0 Å². The smallest absolute Gasteiger partial charge is 0.416 e. The van der Waals surface area contributed by atoms with E-state index in [1.165, 1.54) is 36.4 Å². The molecule has 0 aromatic heterocycles. The van der Waals surface area contributed by atoms with Crippen LogP contribution < -0.4 is 14.5 Å². The van der Waals surface area contributed by atoms with E-state index in [4.69, 9.17) is 27.9 Å². The summed E-state index contributed by atoms with van der Waals surface area (Å²) in [5.74, 6) is -2.74. The number of imide groups is 2. The number of benzene rings is 4. The number of nitrogens with zero attached hydrogens (tertiary/aromatic N) is 3. The Balaban J connectivity index is 1.55. The molecule has 1 aliphatic heterocycles. The first-order valence-corrected chi connectivity index (χ1v) is 13.2. The summed E-state index contributed by atoms with van der Waals surface area (Å²) < 4.78 is 44.7. The minimum atomic E-state index is -4.83. The number of rotatable bonds is 6. The van der Waals surface area contributed by atoms with Crippen LogP contribution in [0.2, 0.25) is 10.0 Å². The molecular weight excluding hydrogens is 626 g/mol. The molecule has 0 unspecified atom stereocenters. The zero-order valence-corrected chi connectivity index (χ0v) is 23.4. The zero-order chi connectivity index (χ0) is 31.8. The van der Waals surface area contributed by atoms with Crippen LogP contribution in [0.25, 0.3) is 6.08 Å². The van der Waals surface area contributed by atoms with Gasteiger partial charge in [0.05, 0.1) is 31.9 Å². The molecule has 0 N–H and O–H groups in total. The Kier molecular flexibility index (Phi) is 8.13. The highest BCUT2D eigenvalue weighted by Crippen LogP contribution is 2.43. The molecule has 1 heterocycles. The van der Waals surface area contributed by atoms with Gasteiger partial charge in [0.15, 0.2) is 5.75 Å². The first kappa shape index (κ1) is 30.3. The summed E-state index contributed by atoms with van der Waals surface area (Å²) in [6.07, 6.45) is -3.68. The van der Waals surface area contributed by atoms with Gasteiger partial charge in [0.25, 0.3) is 11.8 Å². The Morgan fingerprint density at radius 1 is 0.773 bits per heavy atom. The highest BCUT2D eigenvalue weighted by molar-refractivity contribution is 6.46. The van der Waals surface area contributed by atoms with Gasteiger partial charge in [-0.25, -0.2) is 14.6 Å². The lowest BCUT2D eigenvalue weighted by molar-refractivity contribution is -0.385. The number of nitro benzene ring substituents is 1. The monoisotopic (exact) mass is 641 g/mol. The third kappa shape index (κ3) is 5.85. The van der Waals surface area contributed by atoms with Crippen molar-refractivity contribution in [1.29, 1.82) is 0 Å². The van der Waals surface area contributed by atoms with Crippen LogP contribution in [0.1, 0.15) is 11.1 Å². The number of amides is 4. The van der Waals surface area contributed by atoms with E-state index in [2.05, 4.69) is 0 Å². The zero-order valence-electron chi connectivity index (χ0n) is 21.9. The lowest BCUT2D eigenvalue weighted by atomic mass is 10.0. The number of hydrogen-bond acceptors (Lipinski definition) is 6. The van der Waals surface area contributed by atoms with Gasteiger partial charge in [0, 0.05) is 6.07 Å². The lowest BCUT2D eigenvalue weighted by Gasteiger charge is -2.33. The normalized spacial score (nSPS) is 13.8. The summed E-state index contributed by atoms with van der Waals surface area (Å²) in [4.78, 5) is 52.6. The van der Waals surface area contributed by atoms with E-state index < -0.39 is 51.5 Å². The molecule has 0 aliphatic carbocycles. The minimum absolute atomic E-state index is 0.112. The Bertz CT molecular complexity index is 1760. The maximum absolute atomic E-state index is 13.6. The summed E-state index contributed by atoms with van der Waals surface area (Å²) in [5.41, 5.74) is -2.13. The molecule has 0 spiro atoms. The van der Waals surface area contributed by atoms with Crippen LogP contribution in [0, 0.1) is 10.1 Å². The summed E-state index contributed by atoms with van der Waals surface area (Å²) in [7, 11) is 0.